The van der Waals surface area contributed by atoms with E-state index < -0.39 is 0 Å². The Labute approximate surface area is 113 Å². The quantitative estimate of drug-likeness (QED) is 0.824. The van der Waals surface area contributed by atoms with Crippen molar-refractivity contribution in [3.63, 3.8) is 0 Å². The van der Waals surface area contributed by atoms with Gasteiger partial charge in [-0.15, -0.1) is 5.10 Å². The van der Waals surface area contributed by atoms with Crippen molar-refractivity contribution in [3.05, 3.63) is 42.2 Å². The summed E-state index contributed by atoms with van der Waals surface area (Å²) in [5, 5.41) is 8.66. The summed E-state index contributed by atoms with van der Waals surface area (Å²) < 4.78 is 1.89. The lowest BCUT2D eigenvalue weighted by Gasteiger charge is -2.12. The fourth-order valence-corrected chi connectivity index (χ4v) is 3.47. The Morgan fingerprint density at radius 3 is 2.89 bits per heavy atom. The Balaban J connectivity index is 1.56. The maximum Gasteiger partial charge on any atom is 0.0876 e. The third kappa shape index (κ3) is 1.96. The molecule has 2 saturated heterocycles. The first-order chi connectivity index (χ1) is 9.40. The predicted molar refractivity (Wildman–Crippen MR) is 73.3 cm³/mol. The predicted octanol–water partition coefficient (Wildman–Crippen LogP) is 2.22. The Hall–Kier alpha value is -1.68. The Morgan fingerprint density at radius 1 is 1.16 bits per heavy atom. The van der Waals surface area contributed by atoms with E-state index >= 15 is 0 Å². The van der Waals surface area contributed by atoms with Crippen molar-refractivity contribution in [2.45, 2.75) is 31.2 Å². The molecule has 98 valence electrons. The van der Waals surface area contributed by atoms with Crippen LogP contribution in [0.5, 0.6) is 0 Å². The Bertz CT molecular complexity index is 551. The molecule has 0 aliphatic carbocycles. The molecule has 1 aromatic carbocycles. The second kappa shape index (κ2) is 4.46. The van der Waals surface area contributed by atoms with E-state index in [1.807, 2.05) is 22.9 Å². The van der Waals surface area contributed by atoms with Crippen LogP contribution in [0.25, 0.3) is 5.69 Å². The van der Waals surface area contributed by atoms with Crippen LogP contribution in [0, 0.1) is 0 Å². The van der Waals surface area contributed by atoms with E-state index in [2.05, 4.69) is 33.5 Å². The molecule has 0 N–H and O–H groups in total. The van der Waals surface area contributed by atoms with Gasteiger partial charge in [0.2, 0.25) is 0 Å². The highest BCUT2D eigenvalue weighted by Crippen LogP contribution is 2.36. The van der Waals surface area contributed by atoms with Gasteiger partial charge in [-0.2, -0.15) is 0 Å². The SMILES string of the molecule is c1ccc(-n2cc(C3CC4CCCN4C3)nn2)cc1. The third-order valence-corrected chi connectivity index (χ3v) is 4.46. The third-order valence-electron chi connectivity index (χ3n) is 4.46. The minimum atomic E-state index is 0.572. The van der Waals surface area contributed by atoms with Crippen molar-refractivity contribution >= 4 is 0 Å². The molecule has 2 fully saturated rings. The zero-order valence-corrected chi connectivity index (χ0v) is 10.9. The molecule has 2 aromatic rings. The standard InChI is InChI=1S/C15H18N4/c1-2-5-13(6-3-1)19-11-15(16-17-19)12-9-14-7-4-8-18(14)10-12/h1-3,5-6,11-12,14H,4,7-10H2. The lowest BCUT2D eigenvalue weighted by atomic mass is 10.0. The van der Waals surface area contributed by atoms with E-state index in [0.717, 1.165) is 24.0 Å². The molecule has 2 aliphatic rings. The van der Waals surface area contributed by atoms with Crippen LogP contribution in [0.1, 0.15) is 30.9 Å². The summed E-state index contributed by atoms with van der Waals surface area (Å²) in [6, 6.07) is 11.0. The van der Waals surface area contributed by atoms with Crippen molar-refractivity contribution in [3.8, 4) is 5.69 Å². The fraction of sp³-hybridized carbons (Fsp3) is 0.467. The van der Waals surface area contributed by atoms with Gasteiger partial charge in [0, 0.05) is 18.5 Å². The average molecular weight is 254 g/mol. The van der Waals surface area contributed by atoms with Gasteiger partial charge in [-0.3, -0.25) is 4.90 Å². The molecule has 1 aromatic heterocycles. The number of fused-ring (bicyclic) bond motifs is 1. The summed E-state index contributed by atoms with van der Waals surface area (Å²) in [5.41, 5.74) is 2.23. The molecular weight excluding hydrogens is 236 g/mol. The first-order valence-electron chi connectivity index (χ1n) is 7.12. The minimum absolute atomic E-state index is 0.572. The van der Waals surface area contributed by atoms with Crippen molar-refractivity contribution in [2.75, 3.05) is 13.1 Å². The summed E-state index contributed by atoms with van der Waals surface area (Å²) in [4.78, 5) is 2.62. The zero-order valence-electron chi connectivity index (χ0n) is 10.9. The number of rotatable bonds is 2. The highest BCUT2D eigenvalue weighted by Gasteiger charge is 2.36. The second-order valence-corrected chi connectivity index (χ2v) is 5.65. The van der Waals surface area contributed by atoms with E-state index in [1.165, 1.54) is 25.8 Å². The lowest BCUT2D eigenvalue weighted by Crippen LogP contribution is -2.22. The molecule has 0 amide bonds. The first kappa shape index (κ1) is 11.2. The lowest BCUT2D eigenvalue weighted by molar-refractivity contribution is 0.322. The smallest absolute Gasteiger partial charge is 0.0876 e. The van der Waals surface area contributed by atoms with Crippen LogP contribution in [0.3, 0.4) is 0 Å². The van der Waals surface area contributed by atoms with Crippen LogP contribution in [0.15, 0.2) is 36.5 Å². The van der Waals surface area contributed by atoms with Gasteiger partial charge in [0.25, 0.3) is 0 Å². The molecule has 0 radical (unpaired) electrons. The summed E-state index contributed by atoms with van der Waals surface area (Å²) in [6.45, 7) is 2.44. The Kier molecular flexibility index (Phi) is 2.62. The molecule has 4 heteroatoms. The van der Waals surface area contributed by atoms with Crippen LogP contribution in [-0.2, 0) is 0 Å². The molecule has 2 atom stereocenters. The van der Waals surface area contributed by atoms with Crippen LogP contribution in [0.2, 0.25) is 0 Å². The van der Waals surface area contributed by atoms with Gasteiger partial charge >= 0.3 is 0 Å². The molecule has 0 spiro atoms. The summed E-state index contributed by atoms with van der Waals surface area (Å²) in [6.07, 6.45) is 6.09. The average Bonchev–Trinajstić information content (AvgIpc) is 3.14. The Morgan fingerprint density at radius 2 is 2.05 bits per heavy atom. The maximum absolute atomic E-state index is 4.39. The molecule has 19 heavy (non-hydrogen) atoms. The topological polar surface area (TPSA) is 34.0 Å². The number of para-hydroxylation sites is 1. The first-order valence-corrected chi connectivity index (χ1v) is 7.12. The van der Waals surface area contributed by atoms with Gasteiger partial charge in [0.15, 0.2) is 0 Å². The van der Waals surface area contributed by atoms with Crippen molar-refractivity contribution in [1.82, 2.24) is 19.9 Å². The molecule has 3 heterocycles. The normalized spacial score (nSPS) is 26.7. The monoisotopic (exact) mass is 254 g/mol. The summed E-state index contributed by atoms with van der Waals surface area (Å²) in [5.74, 6) is 0.572. The molecule has 2 unspecified atom stereocenters. The number of nitrogens with zero attached hydrogens (tertiary/aromatic N) is 4. The van der Waals surface area contributed by atoms with Crippen LogP contribution < -0.4 is 0 Å². The fourth-order valence-electron chi connectivity index (χ4n) is 3.47. The number of benzene rings is 1. The van der Waals surface area contributed by atoms with E-state index in [1.54, 1.807) is 0 Å². The number of hydrogen-bond donors (Lipinski definition) is 0. The number of hydrogen-bond acceptors (Lipinski definition) is 3. The van der Waals surface area contributed by atoms with E-state index in [0.29, 0.717) is 5.92 Å². The largest absolute Gasteiger partial charge is 0.300 e. The van der Waals surface area contributed by atoms with E-state index in [9.17, 15) is 0 Å². The van der Waals surface area contributed by atoms with Crippen LogP contribution in [-0.4, -0.2) is 39.0 Å². The van der Waals surface area contributed by atoms with E-state index in [4.69, 9.17) is 0 Å². The molecule has 2 aliphatic heterocycles. The highest BCUT2D eigenvalue weighted by molar-refractivity contribution is 5.30. The van der Waals surface area contributed by atoms with Crippen LogP contribution in [0.4, 0.5) is 0 Å². The molecular formula is C15H18N4. The molecule has 0 bridgehead atoms. The van der Waals surface area contributed by atoms with Gasteiger partial charge in [-0.05, 0) is 37.9 Å². The van der Waals surface area contributed by atoms with Crippen molar-refractivity contribution < 1.29 is 0 Å². The van der Waals surface area contributed by atoms with Gasteiger partial charge in [0.05, 0.1) is 17.6 Å². The zero-order chi connectivity index (χ0) is 12.7. The summed E-state index contributed by atoms with van der Waals surface area (Å²) in [7, 11) is 0. The van der Waals surface area contributed by atoms with Gasteiger partial charge in [0.1, 0.15) is 0 Å². The second-order valence-electron chi connectivity index (χ2n) is 5.65. The van der Waals surface area contributed by atoms with Crippen LogP contribution >= 0.6 is 0 Å². The maximum atomic E-state index is 4.39. The number of aromatic nitrogens is 3. The molecule has 4 nitrogen and oxygen atoms in total. The van der Waals surface area contributed by atoms with Gasteiger partial charge in [-0.25, -0.2) is 4.68 Å². The molecule has 0 saturated carbocycles. The van der Waals surface area contributed by atoms with Crippen molar-refractivity contribution in [1.29, 1.82) is 0 Å². The van der Waals surface area contributed by atoms with Crippen molar-refractivity contribution in [2.24, 2.45) is 0 Å². The van der Waals surface area contributed by atoms with Gasteiger partial charge in [-0.1, -0.05) is 23.4 Å². The minimum Gasteiger partial charge on any atom is -0.300 e. The summed E-state index contributed by atoms with van der Waals surface area (Å²) >= 11 is 0. The van der Waals surface area contributed by atoms with Gasteiger partial charge < -0.3 is 0 Å². The molecule has 4 rings (SSSR count). The highest BCUT2D eigenvalue weighted by atomic mass is 15.4. The van der Waals surface area contributed by atoms with E-state index in [-0.39, 0.29) is 0 Å².